The number of hydrogen-bond donors (Lipinski definition) is 0. The summed E-state index contributed by atoms with van der Waals surface area (Å²) in [5, 5.41) is 0.428. The zero-order chi connectivity index (χ0) is 22.2. The number of sulfonamides is 1. The summed E-state index contributed by atoms with van der Waals surface area (Å²) < 4.78 is 29.4. The zero-order valence-corrected chi connectivity index (χ0v) is 19.9. The maximum absolute atomic E-state index is 13.7. The largest absolute Gasteiger partial charge is 0.274 e. The Morgan fingerprint density at radius 1 is 0.935 bits per heavy atom. The number of carbonyl (C=O) groups is 2. The normalized spacial score (nSPS) is 20.6. The van der Waals surface area contributed by atoms with Gasteiger partial charge < -0.3 is 0 Å². The van der Waals surface area contributed by atoms with Gasteiger partial charge in [-0.2, -0.15) is 4.31 Å². The molecule has 2 fully saturated rings. The summed E-state index contributed by atoms with van der Waals surface area (Å²) in [6.07, 6.45) is 3.99. The summed E-state index contributed by atoms with van der Waals surface area (Å²) in [6, 6.07) is 11.4. The van der Waals surface area contributed by atoms with E-state index in [9.17, 15) is 18.0 Å². The van der Waals surface area contributed by atoms with Crippen LogP contribution in [0.25, 0.3) is 0 Å². The van der Waals surface area contributed by atoms with Crippen molar-refractivity contribution in [1.29, 1.82) is 0 Å². The van der Waals surface area contributed by atoms with Crippen LogP contribution >= 0.6 is 27.5 Å². The molecule has 1 atom stereocenters. The van der Waals surface area contributed by atoms with Gasteiger partial charge in [0.1, 0.15) is 6.04 Å². The second-order valence-corrected chi connectivity index (χ2v) is 11.0. The number of halogens is 2. The molecule has 1 aliphatic heterocycles. The summed E-state index contributed by atoms with van der Waals surface area (Å²) in [5.74, 6) is -0.903. The highest BCUT2D eigenvalue weighted by Gasteiger charge is 2.49. The Balaban J connectivity index is 1.73. The van der Waals surface area contributed by atoms with Crippen LogP contribution in [-0.2, 0) is 19.6 Å². The molecule has 6 nitrogen and oxygen atoms in total. The fraction of sp³-hybridized carbons (Fsp3) is 0.364. The van der Waals surface area contributed by atoms with E-state index < -0.39 is 27.9 Å². The van der Waals surface area contributed by atoms with Crippen LogP contribution in [0.1, 0.15) is 38.5 Å². The molecule has 2 aromatic carbocycles. The Hall–Kier alpha value is -1.74. The average Bonchev–Trinajstić information content (AvgIpc) is 3.03. The molecule has 2 aromatic rings. The predicted octanol–water partition coefficient (Wildman–Crippen LogP) is 4.76. The van der Waals surface area contributed by atoms with E-state index in [4.69, 9.17) is 11.6 Å². The first-order valence-electron chi connectivity index (χ1n) is 10.2. The smallest absolute Gasteiger partial charge is 0.252 e. The molecule has 1 aliphatic carbocycles. The van der Waals surface area contributed by atoms with Crippen molar-refractivity contribution in [1.82, 2.24) is 4.31 Å². The molecule has 9 heteroatoms. The number of rotatable bonds is 5. The number of carbonyl (C=O) groups excluding carboxylic acids is 2. The van der Waals surface area contributed by atoms with Crippen LogP contribution in [0.2, 0.25) is 5.02 Å². The summed E-state index contributed by atoms with van der Waals surface area (Å²) >= 11 is 9.28. The van der Waals surface area contributed by atoms with Crippen LogP contribution in [-0.4, -0.2) is 36.6 Å². The molecule has 1 unspecified atom stereocenters. The van der Waals surface area contributed by atoms with Crippen LogP contribution in [0.4, 0.5) is 5.69 Å². The van der Waals surface area contributed by atoms with Gasteiger partial charge in [0.25, 0.3) is 5.91 Å². The summed E-state index contributed by atoms with van der Waals surface area (Å²) in [5.41, 5.74) is 0.438. The van der Waals surface area contributed by atoms with E-state index >= 15 is 0 Å². The number of anilines is 1. The van der Waals surface area contributed by atoms with E-state index in [2.05, 4.69) is 15.9 Å². The van der Waals surface area contributed by atoms with Crippen molar-refractivity contribution < 1.29 is 18.0 Å². The topological polar surface area (TPSA) is 74.8 Å². The number of amides is 2. The highest BCUT2D eigenvalue weighted by Crippen LogP contribution is 2.35. The molecular weight excluding hydrogens is 504 g/mol. The van der Waals surface area contributed by atoms with Gasteiger partial charge in [0.2, 0.25) is 15.9 Å². The first kappa shape index (κ1) is 22.5. The Morgan fingerprint density at radius 3 is 2.16 bits per heavy atom. The molecule has 2 amide bonds. The first-order valence-corrected chi connectivity index (χ1v) is 12.8. The van der Waals surface area contributed by atoms with Gasteiger partial charge in [-0.1, -0.05) is 46.8 Å². The van der Waals surface area contributed by atoms with Gasteiger partial charge in [-0.25, -0.2) is 13.3 Å². The molecule has 1 saturated carbocycles. The van der Waals surface area contributed by atoms with E-state index in [0.29, 0.717) is 23.6 Å². The standard InChI is InChI=1S/C22H22BrClN2O4S/c23-15-6-10-17(11-7-15)25-21(27)14-20(22(25)28)26(18-4-2-1-3-5-18)31(29,30)19-12-8-16(24)9-13-19/h6-13,18,20H,1-5,14H2. The van der Waals surface area contributed by atoms with E-state index in [0.717, 1.165) is 28.6 Å². The van der Waals surface area contributed by atoms with Gasteiger partial charge in [-0.05, 0) is 61.4 Å². The van der Waals surface area contributed by atoms with Crippen molar-refractivity contribution >= 4 is 55.1 Å². The lowest BCUT2D eigenvalue weighted by Crippen LogP contribution is -2.51. The lowest BCUT2D eigenvalue weighted by Gasteiger charge is -2.36. The van der Waals surface area contributed by atoms with Crippen LogP contribution in [0, 0.1) is 0 Å². The van der Waals surface area contributed by atoms with Crippen molar-refractivity contribution in [2.75, 3.05) is 4.90 Å². The van der Waals surface area contributed by atoms with Gasteiger partial charge in [0.15, 0.2) is 0 Å². The second-order valence-electron chi connectivity index (χ2n) is 7.84. The van der Waals surface area contributed by atoms with Crippen molar-refractivity contribution in [2.24, 2.45) is 0 Å². The monoisotopic (exact) mass is 524 g/mol. The maximum atomic E-state index is 13.7. The third-order valence-electron chi connectivity index (χ3n) is 5.84. The number of imide groups is 1. The molecule has 164 valence electrons. The third kappa shape index (κ3) is 4.44. The second kappa shape index (κ2) is 9.02. The van der Waals surface area contributed by atoms with Gasteiger partial charge in [0.05, 0.1) is 17.0 Å². The fourth-order valence-corrected chi connectivity index (χ4v) is 6.58. The lowest BCUT2D eigenvalue weighted by atomic mass is 9.94. The van der Waals surface area contributed by atoms with Crippen molar-refractivity contribution in [3.8, 4) is 0 Å². The van der Waals surface area contributed by atoms with Crippen molar-refractivity contribution in [2.45, 2.75) is 55.5 Å². The fourth-order valence-electron chi connectivity index (χ4n) is 4.36. The zero-order valence-electron chi connectivity index (χ0n) is 16.7. The third-order valence-corrected chi connectivity index (χ3v) is 8.59. The molecule has 2 aliphatic rings. The Morgan fingerprint density at radius 2 is 1.55 bits per heavy atom. The van der Waals surface area contributed by atoms with Gasteiger partial charge >= 0.3 is 0 Å². The number of hydrogen-bond acceptors (Lipinski definition) is 4. The molecular formula is C22H22BrClN2O4S. The SMILES string of the molecule is O=C1CC(N(C2CCCCC2)S(=O)(=O)c2ccc(Cl)cc2)C(=O)N1c1ccc(Br)cc1. The predicted molar refractivity (Wildman–Crippen MR) is 122 cm³/mol. The first-order chi connectivity index (χ1) is 14.8. The van der Waals surface area contributed by atoms with Crippen LogP contribution < -0.4 is 4.90 Å². The van der Waals surface area contributed by atoms with Crippen LogP contribution in [0.5, 0.6) is 0 Å². The molecule has 4 rings (SSSR count). The quantitative estimate of drug-likeness (QED) is 0.528. The molecule has 1 saturated heterocycles. The van der Waals surface area contributed by atoms with Crippen molar-refractivity contribution in [3.05, 3.63) is 58.0 Å². The van der Waals surface area contributed by atoms with Gasteiger partial charge in [-0.3, -0.25) is 9.59 Å². The minimum Gasteiger partial charge on any atom is -0.274 e. The Bertz CT molecular complexity index is 1080. The lowest BCUT2D eigenvalue weighted by molar-refractivity contribution is -0.122. The van der Waals surface area contributed by atoms with Gasteiger partial charge in [-0.15, -0.1) is 0 Å². The summed E-state index contributed by atoms with van der Waals surface area (Å²) in [7, 11) is -4.00. The van der Waals surface area contributed by atoms with Crippen LogP contribution in [0.3, 0.4) is 0 Å². The Labute approximate surface area is 195 Å². The molecule has 0 spiro atoms. The molecule has 1 heterocycles. The maximum Gasteiger partial charge on any atom is 0.252 e. The Kier molecular flexibility index (Phi) is 6.53. The van der Waals surface area contributed by atoms with E-state index in [-0.39, 0.29) is 17.4 Å². The molecule has 0 N–H and O–H groups in total. The number of benzene rings is 2. The molecule has 31 heavy (non-hydrogen) atoms. The highest BCUT2D eigenvalue weighted by atomic mass is 79.9. The summed E-state index contributed by atoms with van der Waals surface area (Å²) in [6.45, 7) is 0. The molecule has 0 radical (unpaired) electrons. The van der Waals surface area contributed by atoms with E-state index in [1.807, 2.05) is 0 Å². The van der Waals surface area contributed by atoms with E-state index in [1.54, 1.807) is 24.3 Å². The minimum absolute atomic E-state index is 0.0739. The molecule has 0 aromatic heterocycles. The molecule has 0 bridgehead atoms. The van der Waals surface area contributed by atoms with E-state index in [1.165, 1.54) is 28.6 Å². The van der Waals surface area contributed by atoms with Crippen LogP contribution in [0.15, 0.2) is 57.9 Å². The highest BCUT2D eigenvalue weighted by molar-refractivity contribution is 9.10. The number of nitrogens with zero attached hydrogens (tertiary/aromatic N) is 2. The average molecular weight is 526 g/mol. The van der Waals surface area contributed by atoms with Gasteiger partial charge in [0, 0.05) is 15.5 Å². The van der Waals surface area contributed by atoms with Crippen molar-refractivity contribution in [3.63, 3.8) is 0 Å². The minimum atomic E-state index is -4.00. The summed E-state index contributed by atoms with van der Waals surface area (Å²) in [4.78, 5) is 27.4.